The van der Waals surface area contributed by atoms with Crippen molar-refractivity contribution in [3.8, 4) is 0 Å². The molecule has 0 saturated heterocycles. The normalized spacial score (nSPS) is 22.2. The topological polar surface area (TPSA) is 76.7 Å². The molecule has 1 aliphatic rings. The minimum absolute atomic E-state index is 0.114. The van der Waals surface area contributed by atoms with Gasteiger partial charge in [-0.05, 0) is 37.3 Å². The molecule has 0 aromatic heterocycles. The summed E-state index contributed by atoms with van der Waals surface area (Å²) < 4.78 is 59.4. The summed E-state index contributed by atoms with van der Waals surface area (Å²) >= 11 is 0. The molecule has 3 N–H and O–H groups in total. The van der Waals surface area contributed by atoms with Crippen molar-refractivity contribution in [2.75, 3.05) is 5.73 Å². The smallest absolute Gasteiger partial charge is 0.425 e. The van der Waals surface area contributed by atoms with Crippen LogP contribution >= 0.6 is 0 Å². The molecule has 0 radical (unpaired) electrons. The molecule has 28 heavy (non-hydrogen) atoms. The summed E-state index contributed by atoms with van der Waals surface area (Å²) in [6.45, 7) is 1.33. The van der Waals surface area contributed by atoms with E-state index < -0.39 is 42.0 Å². The number of hydrogen-bond acceptors (Lipinski definition) is 4. The number of nitrogens with two attached hydrogens (primary N) is 1. The highest BCUT2D eigenvalue weighted by atomic mass is 19.4. The Morgan fingerprint density at radius 2 is 1.93 bits per heavy atom. The number of alkyl halides is 3. The van der Waals surface area contributed by atoms with Gasteiger partial charge in [0, 0.05) is 23.2 Å². The number of aliphatic imine (C=N–C) groups is 1. The standard InChI is InChI=1S/C19H17F4N3O2/c1-18(13-9-12(24)7-8-14(13)20)10-15(19(21,22)23)28-17(26-18)25-16(27)11-5-3-2-4-6-11/h2-9,15H,10,24H2,1H3,(H,25,26,27). The highest BCUT2D eigenvalue weighted by Gasteiger charge is 2.50. The van der Waals surface area contributed by atoms with Gasteiger partial charge in [-0.1, -0.05) is 18.2 Å². The molecule has 0 bridgehead atoms. The molecule has 1 heterocycles. The number of nitrogens with one attached hydrogen (secondary N) is 1. The highest BCUT2D eigenvalue weighted by molar-refractivity contribution is 6.04. The Bertz CT molecular complexity index is 915. The summed E-state index contributed by atoms with van der Waals surface area (Å²) in [6, 6.07) is 10.8. The van der Waals surface area contributed by atoms with Gasteiger partial charge in [-0.15, -0.1) is 0 Å². The molecule has 5 nitrogen and oxygen atoms in total. The maximum atomic E-state index is 14.3. The van der Waals surface area contributed by atoms with E-state index in [1.807, 2.05) is 0 Å². The number of rotatable bonds is 2. The van der Waals surface area contributed by atoms with Gasteiger partial charge in [0.1, 0.15) is 5.82 Å². The molecule has 2 atom stereocenters. The van der Waals surface area contributed by atoms with Crippen LogP contribution in [0.4, 0.5) is 23.2 Å². The predicted octanol–water partition coefficient (Wildman–Crippen LogP) is 3.76. The summed E-state index contributed by atoms with van der Waals surface area (Å²) in [5.74, 6) is -1.45. The average Bonchev–Trinajstić information content (AvgIpc) is 2.63. The van der Waals surface area contributed by atoms with Gasteiger partial charge >= 0.3 is 6.18 Å². The fraction of sp³-hybridized carbons (Fsp3) is 0.263. The first-order chi connectivity index (χ1) is 13.1. The lowest BCUT2D eigenvalue weighted by Gasteiger charge is -2.36. The molecule has 0 saturated carbocycles. The number of hydrogen-bond donors (Lipinski definition) is 2. The van der Waals surface area contributed by atoms with Crippen molar-refractivity contribution in [1.29, 1.82) is 0 Å². The lowest BCUT2D eigenvalue weighted by atomic mass is 9.85. The maximum absolute atomic E-state index is 14.3. The van der Waals surface area contributed by atoms with E-state index >= 15 is 0 Å². The van der Waals surface area contributed by atoms with Crippen molar-refractivity contribution in [2.24, 2.45) is 4.99 Å². The van der Waals surface area contributed by atoms with Gasteiger partial charge in [0.2, 0.25) is 0 Å². The Hall–Kier alpha value is -3.10. The van der Waals surface area contributed by atoms with E-state index in [-0.39, 0.29) is 16.8 Å². The highest BCUT2D eigenvalue weighted by Crippen LogP contribution is 2.41. The van der Waals surface area contributed by atoms with E-state index in [0.29, 0.717) is 0 Å². The molecular weight excluding hydrogens is 378 g/mol. The van der Waals surface area contributed by atoms with Crippen LogP contribution in [0.25, 0.3) is 0 Å². The third kappa shape index (κ3) is 4.08. The second-order valence-corrected chi connectivity index (χ2v) is 6.60. The molecule has 0 aliphatic carbocycles. The van der Waals surface area contributed by atoms with Crippen LogP contribution in [-0.2, 0) is 10.3 Å². The van der Waals surface area contributed by atoms with Crippen LogP contribution in [0.2, 0.25) is 0 Å². The Balaban J connectivity index is 2.00. The van der Waals surface area contributed by atoms with Gasteiger partial charge in [-0.2, -0.15) is 13.2 Å². The average molecular weight is 395 g/mol. The van der Waals surface area contributed by atoms with Crippen molar-refractivity contribution in [2.45, 2.75) is 31.2 Å². The van der Waals surface area contributed by atoms with E-state index in [2.05, 4.69) is 10.3 Å². The van der Waals surface area contributed by atoms with E-state index in [0.717, 1.165) is 6.07 Å². The molecule has 148 valence electrons. The van der Waals surface area contributed by atoms with Crippen molar-refractivity contribution in [3.63, 3.8) is 0 Å². The van der Waals surface area contributed by atoms with E-state index in [4.69, 9.17) is 10.5 Å². The lowest BCUT2D eigenvalue weighted by Crippen LogP contribution is -2.48. The first-order valence-corrected chi connectivity index (χ1v) is 8.33. The monoisotopic (exact) mass is 395 g/mol. The molecule has 0 fully saturated rings. The van der Waals surface area contributed by atoms with Crippen LogP contribution in [0, 0.1) is 5.82 Å². The number of halogens is 4. The SMILES string of the molecule is CC1(c2cc(N)ccc2F)CC(C(F)(F)F)OC(NC(=O)c2ccccc2)=N1. The Labute approximate surface area is 158 Å². The quantitative estimate of drug-likeness (QED) is 0.601. The van der Waals surface area contributed by atoms with Crippen molar-refractivity contribution in [3.05, 3.63) is 65.5 Å². The molecule has 1 aliphatic heterocycles. The fourth-order valence-corrected chi connectivity index (χ4v) is 2.96. The van der Waals surface area contributed by atoms with E-state index in [1.54, 1.807) is 18.2 Å². The van der Waals surface area contributed by atoms with Crippen LogP contribution in [0.3, 0.4) is 0 Å². The number of carbonyl (C=O) groups is 1. The number of amidine groups is 1. The number of ether oxygens (including phenoxy) is 1. The van der Waals surface area contributed by atoms with Gasteiger partial charge in [0.25, 0.3) is 11.9 Å². The zero-order valence-corrected chi connectivity index (χ0v) is 14.8. The first kappa shape index (κ1) is 19.7. The number of carbonyl (C=O) groups excluding carboxylic acids is 1. The zero-order chi connectivity index (χ0) is 20.5. The van der Waals surface area contributed by atoms with Crippen LogP contribution in [0.5, 0.6) is 0 Å². The lowest BCUT2D eigenvalue weighted by molar-refractivity contribution is -0.208. The van der Waals surface area contributed by atoms with Crippen molar-refractivity contribution >= 4 is 17.6 Å². The van der Waals surface area contributed by atoms with E-state index in [9.17, 15) is 22.4 Å². The van der Waals surface area contributed by atoms with Crippen molar-refractivity contribution < 1.29 is 27.1 Å². The summed E-state index contributed by atoms with van der Waals surface area (Å²) in [4.78, 5) is 16.4. The largest absolute Gasteiger partial charge is 0.452 e. The third-order valence-corrected chi connectivity index (χ3v) is 4.38. The number of benzene rings is 2. The minimum Gasteiger partial charge on any atom is -0.452 e. The zero-order valence-electron chi connectivity index (χ0n) is 14.8. The number of nitrogen functional groups attached to an aromatic ring is 1. The predicted molar refractivity (Wildman–Crippen MR) is 95.1 cm³/mol. The first-order valence-electron chi connectivity index (χ1n) is 8.33. The van der Waals surface area contributed by atoms with Gasteiger partial charge in [-0.3, -0.25) is 10.1 Å². The van der Waals surface area contributed by atoms with Crippen LogP contribution in [0.1, 0.15) is 29.3 Å². The molecule has 9 heteroatoms. The number of amides is 1. The molecular formula is C19H17F4N3O2. The third-order valence-electron chi connectivity index (χ3n) is 4.38. The van der Waals surface area contributed by atoms with Gasteiger partial charge in [0.05, 0.1) is 5.54 Å². The number of anilines is 1. The van der Waals surface area contributed by atoms with Crippen LogP contribution in [-0.4, -0.2) is 24.2 Å². The second-order valence-electron chi connectivity index (χ2n) is 6.60. The van der Waals surface area contributed by atoms with Gasteiger partial charge in [-0.25, -0.2) is 9.38 Å². The molecule has 2 unspecified atom stereocenters. The van der Waals surface area contributed by atoms with Crippen molar-refractivity contribution in [1.82, 2.24) is 5.32 Å². The molecule has 2 aromatic rings. The molecule has 2 aromatic carbocycles. The Morgan fingerprint density at radius 3 is 2.57 bits per heavy atom. The fourth-order valence-electron chi connectivity index (χ4n) is 2.96. The minimum atomic E-state index is -4.74. The summed E-state index contributed by atoms with van der Waals surface area (Å²) in [5, 5.41) is 2.23. The molecule has 1 amide bonds. The Morgan fingerprint density at radius 1 is 1.25 bits per heavy atom. The van der Waals surface area contributed by atoms with Gasteiger partial charge in [0.15, 0.2) is 6.10 Å². The number of nitrogens with zero attached hydrogens (tertiary/aromatic N) is 1. The van der Waals surface area contributed by atoms with Crippen LogP contribution < -0.4 is 11.1 Å². The maximum Gasteiger partial charge on any atom is 0.425 e. The van der Waals surface area contributed by atoms with Crippen LogP contribution in [0.15, 0.2) is 53.5 Å². The van der Waals surface area contributed by atoms with Gasteiger partial charge < -0.3 is 10.5 Å². The summed E-state index contributed by atoms with van der Waals surface area (Å²) in [6.07, 6.45) is -7.68. The summed E-state index contributed by atoms with van der Waals surface area (Å²) in [7, 11) is 0. The van der Waals surface area contributed by atoms with E-state index in [1.165, 1.54) is 31.2 Å². The summed E-state index contributed by atoms with van der Waals surface area (Å²) in [5.41, 5.74) is 4.30. The molecule has 0 spiro atoms. The Kier molecular flexibility index (Phi) is 5.01. The second kappa shape index (κ2) is 7.14. The molecule has 3 rings (SSSR count).